The molecule has 0 atom stereocenters. The molecule has 0 amide bonds. The summed E-state index contributed by atoms with van der Waals surface area (Å²) < 4.78 is 1.89. The van der Waals surface area contributed by atoms with Crippen LogP contribution in [-0.4, -0.2) is 57.4 Å². The van der Waals surface area contributed by atoms with Crippen LogP contribution >= 0.6 is 0 Å². The second-order valence-corrected chi connectivity index (χ2v) is 4.91. The fourth-order valence-electron chi connectivity index (χ4n) is 2.37. The average Bonchev–Trinajstić information content (AvgIpc) is 2.92. The summed E-state index contributed by atoms with van der Waals surface area (Å²) in [5.41, 5.74) is 6.37. The molecule has 0 bridgehead atoms. The van der Waals surface area contributed by atoms with Gasteiger partial charge in [-0.1, -0.05) is 0 Å². The summed E-state index contributed by atoms with van der Waals surface area (Å²) in [6, 6.07) is 1.84. The van der Waals surface area contributed by atoms with Gasteiger partial charge >= 0.3 is 0 Å². The lowest BCUT2D eigenvalue weighted by molar-refractivity contribution is 0.243. The Morgan fingerprint density at radius 3 is 2.45 bits per heavy atom. The quantitative estimate of drug-likeness (QED) is 0.850. The first-order chi connectivity index (χ1) is 9.81. The molecule has 2 N–H and O–H groups in total. The van der Waals surface area contributed by atoms with Crippen molar-refractivity contribution in [1.82, 2.24) is 24.6 Å². The topological polar surface area (TPSA) is 76.1 Å². The third kappa shape index (κ3) is 3.05. The first kappa shape index (κ1) is 12.9. The van der Waals surface area contributed by atoms with Crippen molar-refractivity contribution in [2.24, 2.45) is 0 Å². The molecule has 3 heterocycles. The zero-order chi connectivity index (χ0) is 13.8. The van der Waals surface area contributed by atoms with Crippen LogP contribution in [0.25, 0.3) is 0 Å². The van der Waals surface area contributed by atoms with Crippen LogP contribution in [0.1, 0.15) is 0 Å². The molecule has 0 unspecified atom stereocenters. The predicted octanol–water partition coefficient (Wildman–Crippen LogP) is 0.0775. The maximum atomic E-state index is 5.65. The number of anilines is 2. The van der Waals surface area contributed by atoms with Crippen LogP contribution < -0.4 is 10.6 Å². The van der Waals surface area contributed by atoms with Gasteiger partial charge in [0.25, 0.3) is 0 Å². The average molecular weight is 273 g/mol. The van der Waals surface area contributed by atoms with E-state index in [2.05, 4.69) is 24.9 Å². The summed E-state index contributed by atoms with van der Waals surface area (Å²) in [5.74, 6) is 0.826. The lowest BCUT2D eigenvalue weighted by Gasteiger charge is -2.34. The molecule has 1 saturated heterocycles. The molecule has 7 nitrogen and oxygen atoms in total. The van der Waals surface area contributed by atoms with Gasteiger partial charge in [-0.3, -0.25) is 9.58 Å². The SMILES string of the molecule is Nc1cnn(CCN2CCN(c3ncccn3)CC2)c1. The van der Waals surface area contributed by atoms with Crippen molar-refractivity contribution < 1.29 is 0 Å². The Labute approximate surface area is 118 Å². The molecule has 2 aromatic rings. The number of hydrogen-bond donors (Lipinski definition) is 1. The number of hydrogen-bond acceptors (Lipinski definition) is 6. The van der Waals surface area contributed by atoms with Gasteiger partial charge in [0.15, 0.2) is 0 Å². The highest BCUT2D eigenvalue weighted by Gasteiger charge is 2.18. The molecule has 106 valence electrons. The van der Waals surface area contributed by atoms with Crippen LogP contribution in [-0.2, 0) is 6.54 Å². The van der Waals surface area contributed by atoms with E-state index in [4.69, 9.17) is 5.73 Å². The van der Waals surface area contributed by atoms with Crippen molar-refractivity contribution >= 4 is 11.6 Å². The summed E-state index contributed by atoms with van der Waals surface area (Å²) in [6.45, 7) is 5.84. The van der Waals surface area contributed by atoms with Crippen LogP contribution in [0.5, 0.6) is 0 Å². The van der Waals surface area contributed by atoms with Crippen molar-refractivity contribution in [3.8, 4) is 0 Å². The maximum Gasteiger partial charge on any atom is 0.225 e. The second-order valence-electron chi connectivity index (χ2n) is 4.91. The minimum atomic E-state index is 0.719. The first-order valence-electron chi connectivity index (χ1n) is 6.83. The van der Waals surface area contributed by atoms with Crippen molar-refractivity contribution in [2.45, 2.75) is 6.54 Å². The molecule has 20 heavy (non-hydrogen) atoms. The highest BCUT2D eigenvalue weighted by molar-refractivity contribution is 5.30. The van der Waals surface area contributed by atoms with Gasteiger partial charge in [-0.15, -0.1) is 0 Å². The fourth-order valence-corrected chi connectivity index (χ4v) is 2.37. The zero-order valence-corrected chi connectivity index (χ0v) is 11.4. The van der Waals surface area contributed by atoms with E-state index in [9.17, 15) is 0 Å². The lowest BCUT2D eigenvalue weighted by atomic mass is 10.3. The minimum Gasteiger partial charge on any atom is -0.396 e. The Morgan fingerprint density at radius 1 is 1.05 bits per heavy atom. The smallest absolute Gasteiger partial charge is 0.225 e. The molecule has 1 aliphatic rings. The molecule has 0 aliphatic carbocycles. The molecule has 3 rings (SSSR count). The predicted molar refractivity (Wildman–Crippen MR) is 77.3 cm³/mol. The monoisotopic (exact) mass is 273 g/mol. The van der Waals surface area contributed by atoms with Crippen LogP contribution in [0.3, 0.4) is 0 Å². The molecule has 0 saturated carbocycles. The molecule has 0 spiro atoms. The summed E-state index contributed by atoms with van der Waals surface area (Å²) in [7, 11) is 0. The van der Waals surface area contributed by atoms with Crippen molar-refractivity contribution in [3.05, 3.63) is 30.9 Å². The molecule has 1 fully saturated rings. The number of nitrogens with two attached hydrogens (primary N) is 1. The van der Waals surface area contributed by atoms with Crippen LogP contribution in [0.2, 0.25) is 0 Å². The zero-order valence-electron chi connectivity index (χ0n) is 11.4. The van der Waals surface area contributed by atoms with E-state index in [0.717, 1.165) is 50.9 Å². The van der Waals surface area contributed by atoms with E-state index in [-0.39, 0.29) is 0 Å². The minimum absolute atomic E-state index is 0.719. The highest BCUT2D eigenvalue weighted by atomic mass is 15.3. The number of rotatable bonds is 4. The Morgan fingerprint density at radius 2 is 1.80 bits per heavy atom. The molecule has 0 aromatic carbocycles. The van der Waals surface area contributed by atoms with Crippen molar-refractivity contribution in [2.75, 3.05) is 43.4 Å². The first-order valence-corrected chi connectivity index (χ1v) is 6.83. The van der Waals surface area contributed by atoms with E-state index >= 15 is 0 Å². The van der Waals surface area contributed by atoms with E-state index in [1.54, 1.807) is 18.6 Å². The van der Waals surface area contributed by atoms with Gasteiger partial charge in [0.05, 0.1) is 18.4 Å². The third-order valence-electron chi connectivity index (χ3n) is 3.51. The van der Waals surface area contributed by atoms with Gasteiger partial charge < -0.3 is 10.6 Å². The van der Waals surface area contributed by atoms with E-state index in [1.165, 1.54) is 0 Å². The number of nitrogen functional groups attached to an aromatic ring is 1. The van der Waals surface area contributed by atoms with E-state index in [1.807, 2.05) is 16.9 Å². The molecule has 2 aromatic heterocycles. The normalized spacial score (nSPS) is 16.5. The van der Waals surface area contributed by atoms with Gasteiger partial charge in [-0.05, 0) is 6.07 Å². The van der Waals surface area contributed by atoms with Crippen LogP contribution in [0.4, 0.5) is 11.6 Å². The van der Waals surface area contributed by atoms with Gasteiger partial charge in [0, 0.05) is 51.3 Å². The molecular weight excluding hydrogens is 254 g/mol. The van der Waals surface area contributed by atoms with Crippen LogP contribution in [0.15, 0.2) is 30.9 Å². The van der Waals surface area contributed by atoms with Gasteiger partial charge in [0.1, 0.15) is 0 Å². The fraction of sp³-hybridized carbons (Fsp3) is 0.462. The van der Waals surface area contributed by atoms with Gasteiger partial charge in [-0.2, -0.15) is 5.10 Å². The Kier molecular flexibility index (Phi) is 3.78. The van der Waals surface area contributed by atoms with Gasteiger partial charge in [-0.25, -0.2) is 9.97 Å². The van der Waals surface area contributed by atoms with Gasteiger partial charge in [0.2, 0.25) is 5.95 Å². The van der Waals surface area contributed by atoms with Crippen LogP contribution in [0, 0.1) is 0 Å². The number of piperazine rings is 1. The standard InChI is InChI=1S/C13H19N7/c14-12-10-17-20(11-12)9-6-18-4-7-19(8-5-18)13-15-2-1-3-16-13/h1-3,10-11H,4-9,14H2. The third-order valence-corrected chi connectivity index (χ3v) is 3.51. The molecule has 7 heteroatoms. The summed E-state index contributed by atoms with van der Waals surface area (Å²) in [6.07, 6.45) is 7.13. The Hall–Kier alpha value is -2.15. The van der Waals surface area contributed by atoms with Crippen molar-refractivity contribution in [3.63, 3.8) is 0 Å². The molecule has 0 radical (unpaired) electrons. The van der Waals surface area contributed by atoms with E-state index < -0.39 is 0 Å². The molecular formula is C13H19N7. The lowest BCUT2D eigenvalue weighted by Crippen LogP contribution is -2.47. The number of aromatic nitrogens is 4. The van der Waals surface area contributed by atoms with E-state index in [0.29, 0.717) is 0 Å². The largest absolute Gasteiger partial charge is 0.396 e. The Bertz CT molecular complexity index is 531. The summed E-state index contributed by atoms with van der Waals surface area (Å²) >= 11 is 0. The number of nitrogens with zero attached hydrogens (tertiary/aromatic N) is 6. The second kappa shape index (κ2) is 5.87. The summed E-state index contributed by atoms with van der Waals surface area (Å²) in [4.78, 5) is 13.2. The maximum absolute atomic E-state index is 5.65. The highest BCUT2D eigenvalue weighted by Crippen LogP contribution is 2.09. The van der Waals surface area contributed by atoms with Crippen molar-refractivity contribution in [1.29, 1.82) is 0 Å². The molecule has 1 aliphatic heterocycles. The summed E-state index contributed by atoms with van der Waals surface area (Å²) in [5, 5.41) is 4.20. The Balaban J connectivity index is 1.47.